The zero-order valence-electron chi connectivity index (χ0n) is 56.3. The Hall–Kier alpha value is -7.61. The maximum Gasteiger partial charge on any atom is 0.408 e. The van der Waals surface area contributed by atoms with Crippen LogP contribution in [-0.4, -0.2) is 186 Å². The second-order valence-corrected chi connectivity index (χ2v) is 28.4. The summed E-state index contributed by atoms with van der Waals surface area (Å²) in [6.07, 6.45) is 15.4. The second kappa shape index (κ2) is 34.1. The number of carboxylic acid groups (broad SMARTS) is 1. The van der Waals surface area contributed by atoms with E-state index < -0.39 is 106 Å². The highest BCUT2D eigenvalue weighted by atomic mass is 35.5. The van der Waals surface area contributed by atoms with Crippen LogP contribution in [0.5, 0.6) is 0 Å². The van der Waals surface area contributed by atoms with E-state index in [0.717, 1.165) is 69.0 Å². The smallest absolute Gasteiger partial charge is 0.408 e. The van der Waals surface area contributed by atoms with Gasteiger partial charge in [-0.1, -0.05) is 111 Å². The van der Waals surface area contributed by atoms with E-state index in [1.54, 1.807) is 46.4 Å². The highest BCUT2D eigenvalue weighted by Crippen LogP contribution is 2.48. The van der Waals surface area contributed by atoms with Gasteiger partial charge in [0.25, 0.3) is 0 Å². The minimum absolute atomic E-state index is 0. The fourth-order valence-electron chi connectivity index (χ4n) is 13.3. The number of likely N-dealkylation sites (tertiary alicyclic amines) is 1. The Labute approximate surface area is 569 Å². The molecule has 528 valence electrons. The van der Waals surface area contributed by atoms with Gasteiger partial charge in [0.2, 0.25) is 41.4 Å². The lowest BCUT2D eigenvalue weighted by Crippen LogP contribution is -2.59. The molecule has 0 bridgehead atoms. The van der Waals surface area contributed by atoms with E-state index in [-0.39, 0.29) is 80.4 Å². The Bertz CT molecular complexity index is 3100. The zero-order valence-corrected chi connectivity index (χ0v) is 57.1. The third kappa shape index (κ3) is 21.0. The lowest BCUT2D eigenvalue weighted by Gasteiger charge is -2.32. The topological polar surface area (TPSA) is 344 Å². The predicted molar refractivity (Wildman–Crippen MR) is 358 cm³/mol. The Morgan fingerprint density at radius 1 is 0.583 bits per heavy atom. The van der Waals surface area contributed by atoms with Crippen LogP contribution in [0.25, 0.3) is 0 Å². The van der Waals surface area contributed by atoms with Crippen molar-refractivity contribution < 1.29 is 72.7 Å². The summed E-state index contributed by atoms with van der Waals surface area (Å²) in [7, 11) is 0. The quantitative estimate of drug-likeness (QED) is 0.134. The normalized spacial score (nSPS) is 29.9. The first-order valence-electron chi connectivity index (χ1n) is 34.0. The van der Waals surface area contributed by atoms with Gasteiger partial charge < -0.3 is 76.7 Å². The Balaban J connectivity index is 0.000000229. The highest BCUT2D eigenvalue weighted by Gasteiger charge is 2.64. The molecule has 2 saturated carbocycles. The van der Waals surface area contributed by atoms with Gasteiger partial charge in [-0.2, -0.15) is 0 Å². The molecule has 6 heterocycles. The monoisotopic (exact) mass is 1360 g/mol. The molecule has 26 heteroatoms. The van der Waals surface area contributed by atoms with Crippen molar-refractivity contribution in [3.8, 4) is 0 Å². The lowest BCUT2D eigenvalue weighted by molar-refractivity contribution is -0.145. The molecule has 2 aromatic carbocycles. The molecule has 8 aliphatic rings. The molecule has 6 fully saturated rings. The van der Waals surface area contributed by atoms with Crippen molar-refractivity contribution in [2.24, 2.45) is 11.8 Å². The number of carbonyl (C=O) groups excluding carboxylic acids is 9. The molecule has 0 radical (unpaired) electrons. The summed E-state index contributed by atoms with van der Waals surface area (Å²) >= 11 is 0. The SMILES string of the molecule is CC(C)(C)OC(=O)N[C@H]1CCCCC/C=C\[C@@H]2C[C@@]2(C(=O)N2CCC[C@@H]2C(=O)NCc2ccccc2)NC(=O)[C@@H]2C[C@@H](O)CN2C1=O.CC(C)(C)OC(=O)N[C@H]1CCCCC/C=C\[C@@H]2C[C@@]2(C(=O)O)NC(=O)[C@@H]2C[C@@H](O)CN2C1=O.Cl.O=C(NCc1ccccc1)[C@H]1CCCN1. The number of fused-ring (bicyclic) bond motifs is 4. The molecule has 12 atom stereocenters. The van der Waals surface area contributed by atoms with E-state index in [1.807, 2.05) is 85.0 Å². The van der Waals surface area contributed by atoms with Crippen molar-refractivity contribution in [1.82, 2.24) is 51.9 Å². The van der Waals surface area contributed by atoms with Gasteiger partial charge in [-0.25, -0.2) is 14.4 Å². The van der Waals surface area contributed by atoms with Crippen LogP contribution in [0.2, 0.25) is 0 Å². The third-order valence-corrected chi connectivity index (χ3v) is 18.5. The van der Waals surface area contributed by atoms with Crippen LogP contribution in [-0.2, 0) is 60.9 Å². The number of rotatable bonds is 10. The van der Waals surface area contributed by atoms with Gasteiger partial charge in [0.1, 0.15) is 52.5 Å². The fourth-order valence-corrected chi connectivity index (χ4v) is 13.3. The van der Waals surface area contributed by atoms with Crippen molar-refractivity contribution in [2.75, 3.05) is 26.2 Å². The Morgan fingerprint density at radius 3 is 1.50 bits per heavy atom. The maximum absolute atomic E-state index is 14.3. The van der Waals surface area contributed by atoms with E-state index in [0.29, 0.717) is 64.6 Å². The minimum atomic E-state index is -1.38. The van der Waals surface area contributed by atoms with E-state index in [2.05, 4.69) is 37.2 Å². The zero-order chi connectivity index (χ0) is 68.7. The molecule has 2 aromatic rings. The number of aliphatic hydroxyl groups is 2. The number of benzene rings is 2. The lowest BCUT2D eigenvalue weighted by atomic mass is 10.0. The number of hydrogen-bond donors (Lipinski definition) is 10. The van der Waals surface area contributed by atoms with Crippen LogP contribution < -0.4 is 37.2 Å². The largest absolute Gasteiger partial charge is 0.479 e. The number of aliphatic hydroxyl groups excluding tert-OH is 2. The first-order valence-corrected chi connectivity index (χ1v) is 34.0. The number of carbonyl (C=O) groups is 10. The van der Waals surface area contributed by atoms with Gasteiger partial charge in [0, 0.05) is 57.4 Å². The summed E-state index contributed by atoms with van der Waals surface area (Å²) in [4.78, 5) is 135. The second-order valence-electron chi connectivity index (χ2n) is 28.4. The molecule has 0 aromatic heterocycles. The van der Waals surface area contributed by atoms with Crippen LogP contribution in [0.1, 0.15) is 168 Å². The summed E-state index contributed by atoms with van der Waals surface area (Å²) < 4.78 is 10.7. The molecule has 9 amide bonds. The average molecular weight is 1360 g/mol. The summed E-state index contributed by atoms with van der Waals surface area (Å²) in [6, 6.07) is 15.0. The number of ether oxygens (including phenoxy) is 2. The van der Waals surface area contributed by atoms with Gasteiger partial charge in [-0.15, -0.1) is 12.4 Å². The van der Waals surface area contributed by atoms with E-state index in [9.17, 15) is 63.3 Å². The first kappa shape index (κ1) is 75.8. The predicted octanol–water partition coefficient (Wildman–Crippen LogP) is 5.34. The van der Waals surface area contributed by atoms with Crippen molar-refractivity contribution in [2.45, 2.75) is 241 Å². The average Bonchev–Trinajstić information content (AvgIpc) is 1.58. The van der Waals surface area contributed by atoms with E-state index in [1.165, 1.54) is 9.80 Å². The number of aliphatic carboxylic acids is 1. The molecule has 6 aliphatic heterocycles. The van der Waals surface area contributed by atoms with Gasteiger partial charge in [0.15, 0.2) is 0 Å². The molecular weight excluding hydrogens is 1260 g/mol. The van der Waals surface area contributed by atoms with Gasteiger partial charge >= 0.3 is 18.2 Å². The molecular formula is C70H101ClN10O15. The van der Waals surface area contributed by atoms with Crippen LogP contribution in [0.15, 0.2) is 85.0 Å². The number of halogens is 1. The highest BCUT2D eigenvalue weighted by molar-refractivity contribution is 6.01. The number of carboxylic acids is 1. The molecule has 25 nitrogen and oxygen atoms in total. The molecule has 4 saturated heterocycles. The van der Waals surface area contributed by atoms with Crippen molar-refractivity contribution in [3.05, 3.63) is 96.1 Å². The van der Waals surface area contributed by atoms with Crippen molar-refractivity contribution in [1.29, 1.82) is 0 Å². The number of nitrogens with zero attached hydrogens (tertiary/aromatic N) is 3. The van der Waals surface area contributed by atoms with Crippen molar-refractivity contribution in [3.63, 3.8) is 0 Å². The fraction of sp³-hybridized carbons (Fsp3) is 0.629. The molecule has 0 unspecified atom stereocenters. The standard InChI is InChI=1S/C35H49N5O7.C23H35N3O7.C12H16N2O.ClH/c1-34(2,3)47-33(46)37-26-16-11-6-4-5-10-15-24-20-35(24,38-30(43)28-19-25(41)22-40(28)31(26)44)32(45)39-18-12-17-27(39)29(42)36-21-23-13-8-7-9-14-23;1-22(2,3)33-21(32)24-16-10-8-6-4-5-7-9-14-12-23(14,20(30)31)25-18(28)17-11-15(27)13-26(17)19(16)29;15-12(11-7-4-8-13-11)14-9-10-5-2-1-3-6-10;/h7-10,13-15,24-28,41H,4-6,11-12,16-22H2,1-3H3,(H,36,42)(H,37,46)(H,38,43);7,9,14-17,27H,4-6,8,10-13H2,1-3H3,(H,24,32)(H,25,28)(H,30,31);1-3,5-6,11,13H,4,7-9H2,(H,14,15);1H/b15-10-;9-7-;;/t24-,25-,26+,27-,28+,35-;14-,15-,16+,17+,23-;11-;/m111./s1. The summed E-state index contributed by atoms with van der Waals surface area (Å²) in [5.41, 5.74) is -2.03. The number of allylic oxidation sites excluding steroid dienone is 2. The van der Waals surface area contributed by atoms with Crippen molar-refractivity contribution >= 4 is 71.9 Å². The van der Waals surface area contributed by atoms with Crippen LogP contribution in [0.4, 0.5) is 9.59 Å². The molecule has 0 spiro atoms. The van der Waals surface area contributed by atoms with Gasteiger partial charge in [-0.3, -0.25) is 33.6 Å². The van der Waals surface area contributed by atoms with Crippen LogP contribution in [0, 0.1) is 11.8 Å². The number of amides is 9. The van der Waals surface area contributed by atoms with Crippen LogP contribution >= 0.6 is 12.4 Å². The molecule has 2 aliphatic carbocycles. The Morgan fingerprint density at radius 2 is 1.04 bits per heavy atom. The van der Waals surface area contributed by atoms with Gasteiger partial charge in [-0.05, 0) is 136 Å². The summed E-state index contributed by atoms with van der Waals surface area (Å²) in [5, 5.41) is 50.6. The number of hydrogen-bond acceptors (Lipinski definition) is 15. The number of alkyl carbamates (subject to hydrolysis) is 2. The summed E-state index contributed by atoms with van der Waals surface area (Å²) in [6.45, 7) is 12.6. The molecule has 10 N–H and O–H groups in total. The first-order chi connectivity index (χ1) is 45.2. The Kier molecular flexibility index (Phi) is 26.9. The molecule has 10 rings (SSSR count). The third-order valence-electron chi connectivity index (χ3n) is 18.5. The summed E-state index contributed by atoms with van der Waals surface area (Å²) in [5.74, 6) is -4.18. The van der Waals surface area contributed by atoms with Crippen LogP contribution in [0.3, 0.4) is 0 Å². The maximum atomic E-state index is 14.3. The minimum Gasteiger partial charge on any atom is -0.479 e. The van der Waals surface area contributed by atoms with E-state index >= 15 is 0 Å². The number of nitrogens with one attached hydrogen (secondary N) is 7. The van der Waals surface area contributed by atoms with E-state index in [4.69, 9.17) is 9.47 Å². The van der Waals surface area contributed by atoms with Gasteiger partial charge in [0.05, 0.1) is 18.2 Å². The molecule has 96 heavy (non-hydrogen) atoms.